The van der Waals surface area contributed by atoms with Crippen molar-refractivity contribution < 1.29 is 0 Å². The van der Waals surface area contributed by atoms with Crippen molar-refractivity contribution in [3.63, 3.8) is 0 Å². The molecule has 0 amide bonds. The summed E-state index contributed by atoms with van der Waals surface area (Å²) in [4.78, 5) is 0. The zero-order valence-corrected chi connectivity index (χ0v) is 14.5. The second-order valence-corrected chi connectivity index (χ2v) is 7.62. The van der Waals surface area contributed by atoms with Gasteiger partial charge in [0, 0.05) is 0 Å². The SMILES string of the molecule is C=CCC/C=C/C1CCC(C2CCC(CCC=C)CC2)CC1. The van der Waals surface area contributed by atoms with E-state index >= 15 is 0 Å². The summed E-state index contributed by atoms with van der Waals surface area (Å²) in [6, 6.07) is 0. The van der Waals surface area contributed by atoms with Gasteiger partial charge in [-0.25, -0.2) is 0 Å². The van der Waals surface area contributed by atoms with E-state index in [0.29, 0.717) is 0 Å². The number of rotatable bonds is 8. The summed E-state index contributed by atoms with van der Waals surface area (Å²) in [6.07, 6.45) is 25.7. The minimum atomic E-state index is 0.866. The van der Waals surface area contributed by atoms with Gasteiger partial charge in [0.2, 0.25) is 0 Å². The Balaban J connectivity index is 1.64. The molecule has 0 bridgehead atoms. The van der Waals surface area contributed by atoms with Gasteiger partial charge in [-0.3, -0.25) is 0 Å². The summed E-state index contributed by atoms with van der Waals surface area (Å²) in [5, 5.41) is 0. The first-order chi connectivity index (χ1) is 10.8. The highest BCUT2D eigenvalue weighted by Crippen LogP contribution is 2.42. The molecule has 0 aliphatic heterocycles. The molecule has 0 aromatic rings. The maximum Gasteiger partial charge on any atom is -0.0233 e. The van der Waals surface area contributed by atoms with Crippen molar-refractivity contribution in [3.05, 3.63) is 37.5 Å². The van der Waals surface area contributed by atoms with Crippen LogP contribution in [0.3, 0.4) is 0 Å². The van der Waals surface area contributed by atoms with Crippen LogP contribution in [0.5, 0.6) is 0 Å². The summed E-state index contributed by atoms with van der Waals surface area (Å²) in [5.41, 5.74) is 0. The van der Waals surface area contributed by atoms with Crippen molar-refractivity contribution >= 4 is 0 Å². The Morgan fingerprint density at radius 1 is 0.682 bits per heavy atom. The third-order valence-electron chi connectivity index (χ3n) is 6.10. The van der Waals surface area contributed by atoms with E-state index in [1.807, 2.05) is 6.08 Å². The molecule has 2 aliphatic carbocycles. The molecular formula is C22H36. The van der Waals surface area contributed by atoms with Gasteiger partial charge in [0.15, 0.2) is 0 Å². The maximum atomic E-state index is 3.86. The van der Waals surface area contributed by atoms with Gasteiger partial charge in [0.1, 0.15) is 0 Å². The molecule has 0 saturated heterocycles. The molecule has 0 nitrogen and oxygen atoms in total. The summed E-state index contributed by atoms with van der Waals surface area (Å²) in [7, 11) is 0. The van der Waals surface area contributed by atoms with Crippen molar-refractivity contribution in [1.82, 2.24) is 0 Å². The lowest BCUT2D eigenvalue weighted by molar-refractivity contribution is 0.153. The molecule has 0 aromatic heterocycles. The third kappa shape index (κ3) is 5.78. The van der Waals surface area contributed by atoms with Crippen molar-refractivity contribution in [2.75, 3.05) is 0 Å². The lowest BCUT2D eigenvalue weighted by Crippen LogP contribution is -2.25. The highest BCUT2D eigenvalue weighted by molar-refractivity contribution is 4.93. The molecule has 22 heavy (non-hydrogen) atoms. The van der Waals surface area contributed by atoms with Crippen LogP contribution in [0.4, 0.5) is 0 Å². The fourth-order valence-electron chi connectivity index (χ4n) is 4.61. The van der Waals surface area contributed by atoms with Crippen molar-refractivity contribution in [2.24, 2.45) is 23.7 Å². The molecule has 0 aromatic carbocycles. The first-order valence-corrected chi connectivity index (χ1v) is 9.72. The molecule has 0 atom stereocenters. The average molecular weight is 301 g/mol. The Morgan fingerprint density at radius 2 is 1.27 bits per heavy atom. The maximum absolute atomic E-state index is 3.86. The topological polar surface area (TPSA) is 0 Å². The Kier molecular flexibility index (Phi) is 8.05. The van der Waals surface area contributed by atoms with Gasteiger partial charge in [0.25, 0.3) is 0 Å². The number of allylic oxidation sites excluding steroid dienone is 4. The van der Waals surface area contributed by atoms with Crippen LogP contribution >= 0.6 is 0 Å². The minimum absolute atomic E-state index is 0.866. The third-order valence-corrected chi connectivity index (χ3v) is 6.10. The van der Waals surface area contributed by atoms with Gasteiger partial charge in [0.05, 0.1) is 0 Å². The van der Waals surface area contributed by atoms with Crippen LogP contribution in [0.2, 0.25) is 0 Å². The molecule has 0 heterocycles. The summed E-state index contributed by atoms with van der Waals surface area (Å²) in [6.45, 7) is 7.65. The standard InChI is InChI=1S/C22H36/c1-3-5-7-8-10-20-13-17-22(18-14-20)21-15-11-19(12-16-21)9-6-4-2/h3-4,8,10,19-22H,1-2,5-7,9,11-18H2/b10-8+. The summed E-state index contributed by atoms with van der Waals surface area (Å²) >= 11 is 0. The number of hydrogen-bond donors (Lipinski definition) is 0. The van der Waals surface area contributed by atoms with Gasteiger partial charge in [-0.15, -0.1) is 13.2 Å². The molecule has 0 unspecified atom stereocenters. The lowest BCUT2D eigenvalue weighted by Gasteiger charge is -2.37. The molecule has 0 N–H and O–H groups in total. The molecule has 0 heteroatoms. The smallest absolute Gasteiger partial charge is 0.0233 e. The Bertz CT molecular complexity index is 335. The van der Waals surface area contributed by atoms with Crippen LogP contribution in [0.15, 0.2) is 37.5 Å². The molecule has 124 valence electrons. The fraction of sp³-hybridized carbons (Fsp3) is 0.727. The Morgan fingerprint density at radius 3 is 1.86 bits per heavy atom. The van der Waals surface area contributed by atoms with E-state index in [0.717, 1.165) is 30.1 Å². The van der Waals surface area contributed by atoms with E-state index in [2.05, 4.69) is 31.4 Å². The highest BCUT2D eigenvalue weighted by Gasteiger charge is 2.29. The van der Waals surface area contributed by atoms with Gasteiger partial charge in [-0.2, -0.15) is 0 Å². The van der Waals surface area contributed by atoms with E-state index < -0.39 is 0 Å². The van der Waals surface area contributed by atoms with Gasteiger partial charge in [-0.05, 0) is 87.9 Å². The highest BCUT2D eigenvalue weighted by atomic mass is 14.3. The van der Waals surface area contributed by atoms with Crippen LogP contribution in [0, 0.1) is 23.7 Å². The normalized spacial score (nSPS) is 32.9. The molecule has 2 aliphatic rings. The van der Waals surface area contributed by atoms with Crippen LogP contribution in [-0.2, 0) is 0 Å². The largest absolute Gasteiger partial charge is 0.103 e. The van der Waals surface area contributed by atoms with Crippen LogP contribution in [0.25, 0.3) is 0 Å². The van der Waals surface area contributed by atoms with Gasteiger partial charge < -0.3 is 0 Å². The molecule has 2 saturated carbocycles. The lowest BCUT2D eigenvalue weighted by atomic mass is 9.68. The van der Waals surface area contributed by atoms with E-state index in [4.69, 9.17) is 0 Å². The quantitative estimate of drug-likeness (QED) is 0.331. The van der Waals surface area contributed by atoms with Crippen LogP contribution < -0.4 is 0 Å². The van der Waals surface area contributed by atoms with E-state index in [-0.39, 0.29) is 0 Å². The zero-order valence-electron chi connectivity index (χ0n) is 14.5. The first kappa shape index (κ1) is 17.6. The second kappa shape index (κ2) is 10.1. The number of hydrogen-bond acceptors (Lipinski definition) is 0. The molecule has 0 spiro atoms. The number of unbranched alkanes of at least 4 members (excludes halogenated alkanes) is 1. The van der Waals surface area contributed by atoms with E-state index in [1.54, 1.807) is 0 Å². The van der Waals surface area contributed by atoms with Crippen molar-refractivity contribution in [3.8, 4) is 0 Å². The molecular weight excluding hydrogens is 264 g/mol. The van der Waals surface area contributed by atoms with Gasteiger partial charge in [-0.1, -0.05) is 37.1 Å². The predicted octanol–water partition coefficient (Wildman–Crippen LogP) is 7.09. The predicted molar refractivity (Wildman–Crippen MR) is 98.9 cm³/mol. The van der Waals surface area contributed by atoms with E-state index in [1.165, 1.54) is 70.6 Å². The molecule has 2 rings (SSSR count). The second-order valence-electron chi connectivity index (χ2n) is 7.62. The van der Waals surface area contributed by atoms with Crippen LogP contribution in [0.1, 0.15) is 77.0 Å². The van der Waals surface area contributed by atoms with E-state index in [9.17, 15) is 0 Å². The van der Waals surface area contributed by atoms with Crippen molar-refractivity contribution in [1.29, 1.82) is 0 Å². The van der Waals surface area contributed by atoms with Crippen molar-refractivity contribution in [2.45, 2.75) is 77.0 Å². The summed E-state index contributed by atoms with van der Waals surface area (Å²) < 4.78 is 0. The Labute approximate surface area is 138 Å². The zero-order chi connectivity index (χ0) is 15.6. The van der Waals surface area contributed by atoms with Gasteiger partial charge >= 0.3 is 0 Å². The van der Waals surface area contributed by atoms with Crippen LogP contribution in [-0.4, -0.2) is 0 Å². The minimum Gasteiger partial charge on any atom is -0.103 e. The molecule has 0 radical (unpaired) electrons. The average Bonchev–Trinajstić information content (AvgIpc) is 2.58. The Hall–Kier alpha value is -0.780. The monoisotopic (exact) mass is 300 g/mol. The fourth-order valence-corrected chi connectivity index (χ4v) is 4.61. The molecule has 2 fully saturated rings. The summed E-state index contributed by atoms with van der Waals surface area (Å²) in [5.74, 6) is 3.95. The first-order valence-electron chi connectivity index (χ1n) is 9.72.